The van der Waals surface area contributed by atoms with Gasteiger partial charge in [0, 0.05) is 25.6 Å². The maximum absolute atomic E-state index is 12.6. The molecule has 2 aliphatic rings. The van der Waals surface area contributed by atoms with Crippen molar-refractivity contribution in [1.82, 2.24) is 19.5 Å². The van der Waals surface area contributed by atoms with Crippen LogP contribution in [0.3, 0.4) is 0 Å². The summed E-state index contributed by atoms with van der Waals surface area (Å²) >= 11 is 0. The Bertz CT molecular complexity index is 1320. The Morgan fingerprint density at radius 1 is 1.15 bits per heavy atom. The van der Waals surface area contributed by atoms with Crippen LogP contribution in [0.2, 0.25) is 0 Å². The number of rotatable bonds is 7. The molecule has 1 saturated heterocycles. The van der Waals surface area contributed by atoms with E-state index in [0.717, 1.165) is 19.3 Å². The molecule has 0 saturated carbocycles. The van der Waals surface area contributed by atoms with E-state index in [4.69, 9.17) is 9.47 Å². The molecule has 2 aliphatic heterocycles. The lowest BCUT2D eigenvalue weighted by atomic mass is 10.0. The molecular weight excluding hydrogens is 440 g/mol. The number of methoxy groups -OCH3 is 1. The number of fused-ring (bicyclic) bond motifs is 2. The highest BCUT2D eigenvalue weighted by molar-refractivity contribution is 5.97. The van der Waals surface area contributed by atoms with Gasteiger partial charge in [-0.05, 0) is 37.0 Å². The third-order valence-corrected chi connectivity index (χ3v) is 6.06. The maximum Gasteiger partial charge on any atom is 0.270 e. The van der Waals surface area contributed by atoms with E-state index in [1.807, 2.05) is 0 Å². The van der Waals surface area contributed by atoms with Crippen LogP contribution in [0.25, 0.3) is 11.2 Å². The van der Waals surface area contributed by atoms with Crippen molar-refractivity contribution < 1.29 is 19.1 Å². The zero-order chi connectivity index (χ0) is 23.7. The summed E-state index contributed by atoms with van der Waals surface area (Å²) in [4.78, 5) is 51.2. The average molecular weight is 464 g/mol. The zero-order valence-electron chi connectivity index (χ0n) is 18.7. The Kier molecular flexibility index (Phi) is 5.83. The maximum atomic E-state index is 12.6. The first kappa shape index (κ1) is 21.8. The van der Waals surface area contributed by atoms with E-state index >= 15 is 0 Å². The minimum atomic E-state index is -0.266. The Morgan fingerprint density at radius 3 is 2.88 bits per heavy atom. The first-order valence-corrected chi connectivity index (χ1v) is 11.2. The number of amides is 2. The van der Waals surface area contributed by atoms with Crippen molar-refractivity contribution in [1.29, 1.82) is 0 Å². The minimum Gasteiger partial charge on any atom is -0.481 e. The van der Waals surface area contributed by atoms with Gasteiger partial charge < -0.3 is 14.8 Å². The van der Waals surface area contributed by atoms with Crippen molar-refractivity contribution in [3.8, 4) is 11.6 Å². The molecule has 1 atom stereocenters. The van der Waals surface area contributed by atoms with E-state index in [1.165, 1.54) is 13.3 Å². The van der Waals surface area contributed by atoms with Gasteiger partial charge in [-0.2, -0.15) is 4.98 Å². The highest BCUT2D eigenvalue weighted by Crippen LogP contribution is 2.32. The molecular formula is C23H24N6O5. The van der Waals surface area contributed by atoms with Crippen molar-refractivity contribution in [2.45, 2.75) is 32.2 Å². The molecule has 1 N–H and O–H groups in total. The molecule has 0 aliphatic carbocycles. The molecule has 176 valence electrons. The largest absolute Gasteiger partial charge is 0.481 e. The molecule has 11 nitrogen and oxygen atoms in total. The number of hydrogen-bond acceptors (Lipinski definition) is 8. The fourth-order valence-corrected chi connectivity index (χ4v) is 4.35. The summed E-state index contributed by atoms with van der Waals surface area (Å²) in [6.07, 6.45) is 4.22. The number of nitrogens with one attached hydrogen (secondary N) is 1. The predicted octanol–water partition coefficient (Wildman–Crippen LogP) is 1.75. The molecule has 11 heteroatoms. The number of aryl methyl sites for hydroxylation is 1. The van der Waals surface area contributed by atoms with Crippen LogP contribution in [-0.2, 0) is 16.1 Å². The van der Waals surface area contributed by atoms with Crippen LogP contribution in [-0.4, -0.2) is 51.6 Å². The van der Waals surface area contributed by atoms with Gasteiger partial charge in [-0.15, -0.1) is 0 Å². The summed E-state index contributed by atoms with van der Waals surface area (Å²) in [5.41, 5.74) is 0.935. The van der Waals surface area contributed by atoms with Gasteiger partial charge in [-0.1, -0.05) is 6.42 Å². The number of carbonyl (C=O) groups excluding carboxylic acids is 2. The zero-order valence-corrected chi connectivity index (χ0v) is 18.7. The van der Waals surface area contributed by atoms with Crippen molar-refractivity contribution >= 4 is 34.6 Å². The summed E-state index contributed by atoms with van der Waals surface area (Å²) in [6.45, 7) is 1.04. The Morgan fingerprint density at radius 2 is 2.03 bits per heavy atom. The first-order valence-electron chi connectivity index (χ1n) is 11.2. The number of aromatic nitrogens is 4. The number of ether oxygens (including phenoxy) is 2. The predicted molar refractivity (Wildman–Crippen MR) is 123 cm³/mol. The van der Waals surface area contributed by atoms with Crippen LogP contribution >= 0.6 is 0 Å². The second kappa shape index (κ2) is 9.08. The molecule has 0 unspecified atom stereocenters. The van der Waals surface area contributed by atoms with Crippen LogP contribution < -0.4 is 25.2 Å². The van der Waals surface area contributed by atoms with Crippen LogP contribution in [0.1, 0.15) is 25.7 Å². The van der Waals surface area contributed by atoms with E-state index in [2.05, 4.69) is 20.3 Å². The minimum absolute atomic E-state index is 0.00754. The van der Waals surface area contributed by atoms with E-state index < -0.39 is 0 Å². The van der Waals surface area contributed by atoms with Gasteiger partial charge in [0.05, 0.1) is 13.3 Å². The number of carbonyl (C=O) groups is 2. The Hall–Kier alpha value is -4.02. The van der Waals surface area contributed by atoms with Crippen molar-refractivity contribution in [3.05, 3.63) is 40.8 Å². The van der Waals surface area contributed by atoms with Crippen LogP contribution in [0.15, 0.2) is 35.3 Å². The van der Waals surface area contributed by atoms with E-state index in [0.29, 0.717) is 53.9 Å². The Balaban J connectivity index is 1.20. The van der Waals surface area contributed by atoms with Gasteiger partial charge in [0.15, 0.2) is 23.8 Å². The summed E-state index contributed by atoms with van der Waals surface area (Å²) in [7, 11) is 1.53. The van der Waals surface area contributed by atoms with E-state index in [9.17, 15) is 14.4 Å². The Labute approximate surface area is 194 Å². The number of pyridine rings is 2. The topological polar surface area (TPSA) is 129 Å². The summed E-state index contributed by atoms with van der Waals surface area (Å²) in [6, 6.07) is 6.95. The van der Waals surface area contributed by atoms with E-state index in [1.54, 1.807) is 33.7 Å². The lowest BCUT2D eigenvalue weighted by Gasteiger charge is -2.21. The van der Waals surface area contributed by atoms with Gasteiger partial charge >= 0.3 is 0 Å². The van der Waals surface area contributed by atoms with Gasteiger partial charge in [0.2, 0.25) is 11.8 Å². The van der Waals surface area contributed by atoms with Crippen molar-refractivity contribution in [2.24, 2.45) is 5.92 Å². The highest BCUT2D eigenvalue weighted by Gasteiger charge is 2.32. The third-order valence-electron chi connectivity index (χ3n) is 6.06. The fraction of sp³-hybridized carbons (Fsp3) is 0.391. The van der Waals surface area contributed by atoms with Gasteiger partial charge in [0.25, 0.3) is 11.5 Å². The molecule has 5 heterocycles. The average Bonchev–Trinajstić information content (AvgIpc) is 3.22. The van der Waals surface area contributed by atoms with E-state index in [-0.39, 0.29) is 29.9 Å². The number of nitrogens with zero attached hydrogens (tertiary/aromatic N) is 5. The lowest BCUT2D eigenvalue weighted by Crippen LogP contribution is -2.29. The SMILES string of the molecule is COc1ccc2ncc(=O)n(CCCC[C@H]3CC(=O)N(c4ccc5c(n4)NC(=O)CO5)C3)c2n1. The molecule has 0 spiro atoms. The standard InChI is InChI=1S/C23H24N6O5/c1-33-19-8-5-15-23(27-19)28(21(32)11-24-15)9-3-2-4-14-10-20(31)29(12-14)17-7-6-16-22(25-17)26-18(30)13-34-16/h5-8,11,14H,2-4,9-10,12-13H2,1H3,(H,25,26,30)/t14-/m0/s1. The monoisotopic (exact) mass is 464 g/mol. The number of hydrogen-bond donors (Lipinski definition) is 1. The smallest absolute Gasteiger partial charge is 0.270 e. The normalized spacial score (nSPS) is 17.4. The molecule has 3 aromatic heterocycles. The van der Waals surface area contributed by atoms with Gasteiger partial charge in [-0.25, -0.2) is 9.97 Å². The van der Waals surface area contributed by atoms with Crippen molar-refractivity contribution in [3.63, 3.8) is 0 Å². The highest BCUT2D eigenvalue weighted by atomic mass is 16.5. The summed E-state index contributed by atoms with van der Waals surface area (Å²) in [5, 5.41) is 2.67. The van der Waals surface area contributed by atoms with Crippen LogP contribution in [0, 0.1) is 5.92 Å². The van der Waals surface area contributed by atoms with Crippen LogP contribution in [0.4, 0.5) is 11.6 Å². The lowest BCUT2D eigenvalue weighted by molar-refractivity contribution is -0.119. The van der Waals surface area contributed by atoms with Gasteiger partial charge in [-0.3, -0.25) is 23.9 Å². The molecule has 5 rings (SSSR count). The molecule has 34 heavy (non-hydrogen) atoms. The molecule has 0 radical (unpaired) electrons. The number of anilines is 2. The van der Waals surface area contributed by atoms with Crippen LogP contribution in [0.5, 0.6) is 11.6 Å². The molecule has 2 amide bonds. The summed E-state index contributed by atoms with van der Waals surface area (Å²) < 4.78 is 12.1. The summed E-state index contributed by atoms with van der Waals surface area (Å²) in [5.74, 6) is 1.71. The molecule has 1 fully saturated rings. The third kappa shape index (κ3) is 4.28. The van der Waals surface area contributed by atoms with Gasteiger partial charge in [0.1, 0.15) is 11.3 Å². The molecule has 0 aromatic carbocycles. The number of unbranched alkanes of at least 4 members (excludes halogenated alkanes) is 1. The molecule has 0 bridgehead atoms. The fourth-order valence-electron chi connectivity index (χ4n) is 4.35. The second-order valence-electron chi connectivity index (χ2n) is 8.37. The quantitative estimate of drug-likeness (QED) is 0.524. The molecule has 3 aromatic rings. The van der Waals surface area contributed by atoms with Crippen molar-refractivity contribution in [2.75, 3.05) is 30.5 Å². The second-order valence-corrected chi connectivity index (χ2v) is 8.37. The first-order chi connectivity index (χ1) is 16.5.